The van der Waals surface area contributed by atoms with Gasteiger partial charge in [0.2, 0.25) is 6.04 Å². The van der Waals surface area contributed by atoms with Crippen molar-refractivity contribution in [3.05, 3.63) is 30.3 Å². The number of esters is 1. The van der Waals surface area contributed by atoms with Crippen LogP contribution >= 0.6 is 0 Å². The van der Waals surface area contributed by atoms with Gasteiger partial charge < -0.3 is 4.74 Å². The predicted octanol–water partition coefficient (Wildman–Crippen LogP) is 4.01. The maximum absolute atomic E-state index is 12.7. The summed E-state index contributed by atoms with van der Waals surface area (Å²) in [6.45, 7) is 7.64. The summed E-state index contributed by atoms with van der Waals surface area (Å²) in [6, 6.07) is 10.3. The van der Waals surface area contributed by atoms with Gasteiger partial charge in [-0.3, -0.25) is 4.48 Å². The lowest BCUT2D eigenvalue weighted by molar-refractivity contribution is -0.155. The maximum Gasteiger partial charge on any atom is 0.371 e. The van der Waals surface area contributed by atoms with Crippen molar-refractivity contribution in [3.8, 4) is 0 Å². The van der Waals surface area contributed by atoms with Crippen LogP contribution in [0.1, 0.15) is 40.0 Å². The van der Waals surface area contributed by atoms with Crippen molar-refractivity contribution in [3.63, 3.8) is 0 Å². The van der Waals surface area contributed by atoms with Gasteiger partial charge in [-0.2, -0.15) is 0 Å². The van der Waals surface area contributed by atoms with Crippen molar-refractivity contribution in [2.24, 2.45) is 17.8 Å². The molecule has 1 heterocycles. The zero-order valence-corrected chi connectivity index (χ0v) is 14.9. The Hall–Kier alpha value is -1.35. The zero-order valence-electron chi connectivity index (χ0n) is 14.9. The number of benzene rings is 1. The SMILES string of the molecule is CC1CCC(C(C)C)C(OC(=O)C2C[N+]2(C)c2ccccc2)C1. The summed E-state index contributed by atoms with van der Waals surface area (Å²) in [6.07, 6.45) is 3.58. The smallest absolute Gasteiger partial charge is 0.371 e. The molecule has 3 rings (SSSR count). The summed E-state index contributed by atoms with van der Waals surface area (Å²) < 4.78 is 6.71. The molecule has 0 N–H and O–H groups in total. The Labute approximate surface area is 140 Å². The van der Waals surface area contributed by atoms with Gasteiger partial charge in [-0.25, -0.2) is 4.79 Å². The molecule has 1 aromatic carbocycles. The summed E-state index contributed by atoms with van der Waals surface area (Å²) in [7, 11) is 2.13. The van der Waals surface area contributed by atoms with E-state index < -0.39 is 0 Å². The van der Waals surface area contributed by atoms with Crippen LogP contribution in [0.4, 0.5) is 5.69 Å². The Kier molecular flexibility index (Phi) is 4.50. The van der Waals surface area contributed by atoms with Crippen LogP contribution in [0.3, 0.4) is 0 Å². The molecule has 1 aliphatic carbocycles. The second kappa shape index (κ2) is 6.27. The van der Waals surface area contributed by atoms with E-state index in [1.807, 2.05) is 18.2 Å². The molecule has 1 saturated carbocycles. The molecule has 0 amide bonds. The Morgan fingerprint density at radius 3 is 2.57 bits per heavy atom. The van der Waals surface area contributed by atoms with Gasteiger partial charge in [-0.05, 0) is 42.7 Å². The molecule has 2 aliphatic rings. The normalized spacial score (nSPS) is 36.7. The number of hydrogen-bond donors (Lipinski definition) is 0. The van der Waals surface area contributed by atoms with Crippen LogP contribution in [0.25, 0.3) is 0 Å². The highest BCUT2D eigenvalue weighted by Gasteiger charge is 2.59. The van der Waals surface area contributed by atoms with Crippen molar-refractivity contribution >= 4 is 11.7 Å². The standard InChI is InChI=1S/C20H30NO2/c1-14(2)17-11-10-15(3)12-19(17)23-20(22)18-13-21(18,4)16-8-6-5-7-9-16/h5-9,14-15,17-19H,10-13H2,1-4H3/q+1. The van der Waals surface area contributed by atoms with E-state index >= 15 is 0 Å². The van der Waals surface area contributed by atoms with Crippen LogP contribution in [0.15, 0.2) is 30.3 Å². The number of carbonyl (C=O) groups is 1. The largest absolute Gasteiger partial charge is 0.457 e. The molecule has 1 aliphatic heterocycles. The first-order valence-electron chi connectivity index (χ1n) is 9.03. The monoisotopic (exact) mass is 316 g/mol. The quantitative estimate of drug-likeness (QED) is 0.476. The molecule has 0 bridgehead atoms. The fourth-order valence-electron chi connectivity index (χ4n) is 4.15. The Bertz CT molecular complexity index is 556. The average molecular weight is 316 g/mol. The van der Waals surface area contributed by atoms with Gasteiger partial charge in [0, 0.05) is 0 Å². The molecule has 3 heteroatoms. The van der Waals surface area contributed by atoms with E-state index in [0.29, 0.717) is 22.2 Å². The highest BCUT2D eigenvalue weighted by Crippen LogP contribution is 2.39. The van der Waals surface area contributed by atoms with E-state index in [2.05, 4.69) is 40.0 Å². The van der Waals surface area contributed by atoms with Crippen molar-refractivity contribution in [2.45, 2.75) is 52.2 Å². The van der Waals surface area contributed by atoms with Gasteiger partial charge in [0.15, 0.2) is 0 Å². The van der Waals surface area contributed by atoms with Crippen molar-refractivity contribution in [1.29, 1.82) is 0 Å². The van der Waals surface area contributed by atoms with E-state index in [0.717, 1.165) is 13.0 Å². The van der Waals surface area contributed by atoms with Gasteiger partial charge >= 0.3 is 5.97 Å². The number of quaternary nitrogens is 1. The van der Waals surface area contributed by atoms with E-state index in [-0.39, 0.29) is 18.1 Å². The summed E-state index contributed by atoms with van der Waals surface area (Å²) in [5.74, 6) is 1.76. The number of hydrogen-bond acceptors (Lipinski definition) is 2. The molecule has 0 spiro atoms. The second-order valence-corrected chi connectivity index (χ2v) is 8.10. The lowest BCUT2D eigenvalue weighted by atomic mass is 9.75. The van der Waals surface area contributed by atoms with E-state index in [1.54, 1.807) is 0 Å². The van der Waals surface area contributed by atoms with Crippen LogP contribution in [0.5, 0.6) is 0 Å². The first-order valence-corrected chi connectivity index (χ1v) is 9.03. The van der Waals surface area contributed by atoms with Crippen LogP contribution in [0.2, 0.25) is 0 Å². The van der Waals surface area contributed by atoms with Crippen LogP contribution in [0, 0.1) is 17.8 Å². The molecule has 5 unspecified atom stereocenters. The number of ether oxygens (including phenoxy) is 1. The van der Waals surface area contributed by atoms with Gasteiger partial charge in [0.25, 0.3) is 0 Å². The van der Waals surface area contributed by atoms with Crippen LogP contribution < -0.4 is 4.48 Å². The number of nitrogens with zero attached hydrogens (tertiary/aromatic N) is 1. The Morgan fingerprint density at radius 1 is 1.22 bits per heavy atom. The van der Waals surface area contributed by atoms with Crippen molar-refractivity contribution < 1.29 is 9.53 Å². The first-order chi connectivity index (χ1) is 10.9. The maximum atomic E-state index is 12.7. The lowest BCUT2D eigenvalue weighted by Gasteiger charge is -2.36. The molecular weight excluding hydrogens is 286 g/mol. The van der Waals surface area contributed by atoms with E-state index in [9.17, 15) is 4.79 Å². The third-order valence-corrected chi connectivity index (χ3v) is 5.95. The summed E-state index contributed by atoms with van der Waals surface area (Å²) in [4.78, 5) is 12.7. The number of likely N-dealkylation sites (N-methyl/N-ethyl adjacent to an activating group) is 1. The summed E-state index contributed by atoms with van der Waals surface area (Å²) in [5.41, 5.74) is 1.20. The Balaban J connectivity index is 1.65. The van der Waals surface area contributed by atoms with Crippen molar-refractivity contribution in [2.75, 3.05) is 13.6 Å². The number of rotatable bonds is 4. The molecule has 2 fully saturated rings. The van der Waals surface area contributed by atoms with Gasteiger partial charge in [-0.15, -0.1) is 0 Å². The third kappa shape index (κ3) is 3.30. The molecule has 1 aromatic rings. The minimum absolute atomic E-state index is 0.00102. The third-order valence-electron chi connectivity index (χ3n) is 5.95. The second-order valence-electron chi connectivity index (χ2n) is 8.10. The minimum atomic E-state index is -0.0255. The van der Waals surface area contributed by atoms with Crippen LogP contribution in [-0.2, 0) is 9.53 Å². The van der Waals surface area contributed by atoms with Gasteiger partial charge in [-0.1, -0.05) is 45.4 Å². The van der Waals surface area contributed by atoms with Gasteiger partial charge in [0.1, 0.15) is 18.3 Å². The average Bonchev–Trinajstić information content (AvgIpc) is 3.22. The first kappa shape index (κ1) is 16.5. The van der Waals surface area contributed by atoms with Crippen molar-refractivity contribution in [1.82, 2.24) is 4.48 Å². The summed E-state index contributed by atoms with van der Waals surface area (Å²) >= 11 is 0. The fourth-order valence-corrected chi connectivity index (χ4v) is 4.15. The number of para-hydroxylation sites is 1. The zero-order chi connectivity index (χ0) is 16.6. The van der Waals surface area contributed by atoms with E-state index in [4.69, 9.17) is 4.74 Å². The molecule has 23 heavy (non-hydrogen) atoms. The topological polar surface area (TPSA) is 26.3 Å². The molecule has 126 valence electrons. The molecular formula is C20H30NO2+. The lowest BCUT2D eigenvalue weighted by Crippen LogP contribution is -2.38. The molecule has 0 aromatic heterocycles. The van der Waals surface area contributed by atoms with E-state index in [1.165, 1.54) is 18.5 Å². The van der Waals surface area contributed by atoms with Gasteiger partial charge in [0.05, 0.1) is 7.05 Å². The minimum Gasteiger partial charge on any atom is -0.457 e. The molecule has 5 atom stereocenters. The Morgan fingerprint density at radius 2 is 1.91 bits per heavy atom. The highest BCUT2D eigenvalue weighted by atomic mass is 16.5. The fraction of sp³-hybridized carbons (Fsp3) is 0.650. The molecule has 1 saturated heterocycles. The molecule has 0 radical (unpaired) electrons. The summed E-state index contributed by atoms with van der Waals surface area (Å²) in [5, 5.41) is 0. The predicted molar refractivity (Wildman–Crippen MR) is 94.0 cm³/mol. The number of carbonyl (C=O) groups excluding carboxylic acids is 1. The van der Waals surface area contributed by atoms with Crippen LogP contribution in [-0.4, -0.2) is 31.7 Å². The molecule has 3 nitrogen and oxygen atoms in total. The highest BCUT2D eigenvalue weighted by molar-refractivity contribution is 5.84.